The maximum Gasteiger partial charge on any atom is -0.0181 e. The summed E-state index contributed by atoms with van der Waals surface area (Å²) in [5.41, 5.74) is 3.07. The topological polar surface area (TPSA) is 0 Å². The summed E-state index contributed by atoms with van der Waals surface area (Å²) in [4.78, 5) is 0. The van der Waals surface area contributed by atoms with Crippen LogP contribution in [0.3, 0.4) is 0 Å². The van der Waals surface area contributed by atoms with Crippen molar-refractivity contribution in [3.63, 3.8) is 0 Å². The predicted octanol–water partition coefficient (Wildman–Crippen LogP) is 2.86. The van der Waals surface area contributed by atoms with Crippen LogP contribution >= 0.6 is 0 Å². The van der Waals surface area contributed by atoms with Gasteiger partial charge in [-0.2, -0.15) is 0 Å². The Morgan fingerprint density at radius 3 is 2.75 bits per heavy atom. The molecule has 1 radical (unpaired) electrons. The Morgan fingerprint density at radius 1 is 1.33 bits per heavy atom. The number of hydrogen-bond donors (Lipinski definition) is 0. The fourth-order valence-corrected chi connectivity index (χ4v) is 1.99. The van der Waals surface area contributed by atoms with Gasteiger partial charge in [-0.3, -0.25) is 0 Å². The molecule has 0 saturated carbocycles. The van der Waals surface area contributed by atoms with Crippen molar-refractivity contribution in [3.05, 3.63) is 35.4 Å². The highest BCUT2D eigenvalue weighted by Gasteiger charge is 2.22. The van der Waals surface area contributed by atoms with Crippen molar-refractivity contribution in [2.45, 2.75) is 26.7 Å². The second-order valence-electron chi connectivity index (χ2n) is 4.11. The molecule has 0 heteroatoms. The molecule has 0 bridgehead atoms. The Morgan fingerprint density at radius 2 is 2.08 bits per heavy atom. The summed E-state index contributed by atoms with van der Waals surface area (Å²) in [5, 5.41) is 0. The largest absolute Gasteiger partial charge is 0.0625 e. The highest BCUT2D eigenvalue weighted by atomic mass is 14.3. The molecule has 63 valence electrons. The summed E-state index contributed by atoms with van der Waals surface area (Å²) in [6.45, 7) is 4.64. The predicted molar refractivity (Wildman–Crippen MR) is 51.0 cm³/mol. The van der Waals surface area contributed by atoms with E-state index in [1.54, 1.807) is 5.56 Å². The molecule has 0 aliphatic heterocycles. The molecule has 2 rings (SSSR count). The molecular formula is C12H15. The minimum absolute atomic E-state index is 0.817. The summed E-state index contributed by atoms with van der Waals surface area (Å²) < 4.78 is 0. The summed E-state index contributed by atoms with van der Waals surface area (Å²) in [6, 6.07) is 9.55. The zero-order chi connectivity index (χ0) is 8.55. The summed E-state index contributed by atoms with van der Waals surface area (Å²) in [7, 11) is 0. The van der Waals surface area contributed by atoms with Gasteiger partial charge >= 0.3 is 0 Å². The number of rotatable bonds is 1. The summed E-state index contributed by atoms with van der Waals surface area (Å²) >= 11 is 0. The third-order valence-corrected chi connectivity index (χ3v) is 2.96. The van der Waals surface area contributed by atoms with Crippen molar-refractivity contribution in [2.75, 3.05) is 0 Å². The molecule has 1 aromatic rings. The van der Waals surface area contributed by atoms with Gasteiger partial charge in [0.05, 0.1) is 0 Å². The first-order valence-electron chi connectivity index (χ1n) is 4.75. The highest BCUT2D eigenvalue weighted by molar-refractivity contribution is 5.31. The van der Waals surface area contributed by atoms with Crippen LogP contribution in [0.2, 0.25) is 0 Å². The third kappa shape index (κ3) is 1.26. The number of fused-ring (bicyclic) bond motifs is 1. The van der Waals surface area contributed by atoms with Gasteiger partial charge in [0.15, 0.2) is 0 Å². The molecular weight excluding hydrogens is 144 g/mol. The van der Waals surface area contributed by atoms with Gasteiger partial charge in [0.2, 0.25) is 0 Å². The average Bonchev–Trinajstić information content (AvgIpc) is 2.46. The molecule has 0 heterocycles. The normalized spacial score (nSPS) is 16.9. The fraction of sp³-hybridized carbons (Fsp3) is 0.500. The first-order chi connectivity index (χ1) is 5.77. The van der Waals surface area contributed by atoms with E-state index in [4.69, 9.17) is 0 Å². The molecule has 12 heavy (non-hydrogen) atoms. The Kier molecular flexibility index (Phi) is 1.92. The standard InChI is InChI=1S/C12H15/c1-9(2)12-7-10-5-3-4-6-11(10)8-12/h3,5-6,9,12H,7-8H2,1-2H3. The van der Waals surface area contributed by atoms with Gasteiger partial charge < -0.3 is 0 Å². The minimum atomic E-state index is 0.817. The van der Waals surface area contributed by atoms with Crippen LogP contribution in [0.15, 0.2) is 18.2 Å². The van der Waals surface area contributed by atoms with E-state index in [9.17, 15) is 0 Å². The lowest BCUT2D eigenvalue weighted by molar-refractivity contribution is 0.404. The molecule has 0 N–H and O–H groups in total. The maximum atomic E-state index is 3.15. The van der Waals surface area contributed by atoms with Crippen LogP contribution in [0.1, 0.15) is 25.0 Å². The molecule has 0 fully saturated rings. The van der Waals surface area contributed by atoms with Crippen molar-refractivity contribution >= 4 is 0 Å². The van der Waals surface area contributed by atoms with E-state index in [1.807, 2.05) is 6.07 Å². The smallest absolute Gasteiger partial charge is 0.0181 e. The van der Waals surface area contributed by atoms with Crippen LogP contribution in [0, 0.1) is 17.9 Å². The molecule has 0 saturated heterocycles. The van der Waals surface area contributed by atoms with Crippen molar-refractivity contribution < 1.29 is 0 Å². The van der Waals surface area contributed by atoms with Crippen LogP contribution < -0.4 is 0 Å². The Bertz CT molecular complexity index is 248. The zero-order valence-corrected chi connectivity index (χ0v) is 7.80. The average molecular weight is 159 g/mol. The van der Waals surface area contributed by atoms with Gasteiger partial charge in [0.1, 0.15) is 0 Å². The summed E-state index contributed by atoms with van der Waals surface area (Å²) in [5.74, 6) is 1.69. The molecule has 0 spiro atoms. The lowest BCUT2D eigenvalue weighted by Crippen LogP contribution is -2.07. The van der Waals surface area contributed by atoms with Crippen LogP contribution in [0.5, 0.6) is 0 Å². The van der Waals surface area contributed by atoms with Gasteiger partial charge in [-0.05, 0) is 41.9 Å². The molecule has 0 aromatic heterocycles. The Labute approximate surface area is 74.6 Å². The van der Waals surface area contributed by atoms with E-state index in [0.717, 1.165) is 11.8 Å². The minimum Gasteiger partial charge on any atom is -0.0625 e. The maximum absolute atomic E-state index is 3.15. The van der Waals surface area contributed by atoms with E-state index < -0.39 is 0 Å². The lowest BCUT2D eigenvalue weighted by Gasteiger charge is -2.12. The van der Waals surface area contributed by atoms with Gasteiger partial charge in [0, 0.05) is 0 Å². The SMILES string of the molecule is CC(C)C1Cc2c[c]ccc2C1. The van der Waals surface area contributed by atoms with E-state index >= 15 is 0 Å². The number of benzene rings is 1. The first-order valence-corrected chi connectivity index (χ1v) is 4.75. The molecule has 1 aliphatic carbocycles. The number of hydrogen-bond acceptors (Lipinski definition) is 0. The van der Waals surface area contributed by atoms with Crippen molar-refractivity contribution in [1.29, 1.82) is 0 Å². The Balaban J connectivity index is 2.22. The quantitative estimate of drug-likeness (QED) is 0.591. The van der Waals surface area contributed by atoms with Crippen molar-refractivity contribution in [1.82, 2.24) is 0 Å². The monoisotopic (exact) mass is 159 g/mol. The van der Waals surface area contributed by atoms with E-state index in [-0.39, 0.29) is 0 Å². The molecule has 0 amide bonds. The molecule has 1 atom stereocenters. The highest BCUT2D eigenvalue weighted by Crippen LogP contribution is 2.30. The molecule has 1 aromatic carbocycles. The van der Waals surface area contributed by atoms with Crippen LogP contribution in [0.25, 0.3) is 0 Å². The van der Waals surface area contributed by atoms with Gasteiger partial charge in [-0.1, -0.05) is 32.0 Å². The fourth-order valence-electron chi connectivity index (χ4n) is 1.99. The van der Waals surface area contributed by atoms with Crippen molar-refractivity contribution in [3.8, 4) is 0 Å². The summed E-state index contributed by atoms with van der Waals surface area (Å²) in [6.07, 6.45) is 2.55. The Hall–Kier alpha value is -0.780. The molecule has 1 aliphatic rings. The first kappa shape index (κ1) is 7.85. The zero-order valence-electron chi connectivity index (χ0n) is 7.80. The second kappa shape index (κ2) is 2.93. The van der Waals surface area contributed by atoms with Crippen LogP contribution in [-0.4, -0.2) is 0 Å². The van der Waals surface area contributed by atoms with Crippen molar-refractivity contribution in [2.24, 2.45) is 11.8 Å². The van der Waals surface area contributed by atoms with Gasteiger partial charge in [0.25, 0.3) is 0 Å². The second-order valence-corrected chi connectivity index (χ2v) is 4.11. The van der Waals surface area contributed by atoms with E-state index in [0.29, 0.717) is 0 Å². The molecule has 0 nitrogen and oxygen atoms in total. The lowest BCUT2D eigenvalue weighted by atomic mass is 9.93. The van der Waals surface area contributed by atoms with Crippen LogP contribution in [-0.2, 0) is 12.8 Å². The van der Waals surface area contributed by atoms with Gasteiger partial charge in [-0.25, -0.2) is 0 Å². The van der Waals surface area contributed by atoms with E-state index in [1.165, 1.54) is 18.4 Å². The molecule has 1 unspecified atom stereocenters. The van der Waals surface area contributed by atoms with Crippen LogP contribution in [0.4, 0.5) is 0 Å². The van der Waals surface area contributed by atoms with Gasteiger partial charge in [-0.15, -0.1) is 0 Å². The third-order valence-electron chi connectivity index (χ3n) is 2.96. The van der Waals surface area contributed by atoms with E-state index in [2.05, 4.69) is 32.0 Å².